The molecule has 0 bridgehead atoms. The molecular weight excluding hydrogens is 300 g/mol. The molecule has 1 aliphatic rings. The molecule has 0 aliphatic heterocycles. The lowest BCUT2D eigenvalue weighted by Crippen LogP contribution is -2.23. The number of rotatable bonds is 4. The van der Waals surface area contributed by atoms with Gasteiger partial charge in [0.05, 0.1) is 24.1 Å². The molecule has 1 fully saturated rings. The third kappa shape index (κ3) is 2.41. The highest BCUT2D eigenvalue weighted by Crippen LogP contribution is 2.36. The van der Waals surface area contributed by atoms with Crippen LogP contribution in [0.3, 0.4) is 0 Å². The Hall–Kier alpha value is -2.48. The molecule has 0 spiro atoms. The van der Waals surface area contributed by atoms with Crippen LogP contribution in [0.4, 0.5) is 5.13 Å². The molecule has 0 saturated heterocycles. The highest BCUT2D eigenvalue weighted by Gasteiger charge is 2.25. The van der Waals surface area contributed by atoms with Crippen LogP contribution in [-0.2, 0) is 6.54 Å². The molecule has 1 amide bonds. The number of nitrogens with one attached hydrogen (secondary N) is 1. The van der Waals surface area contributed by atoms with Gasteiger partial charge in [0.25, 0.3) is 5.91 Å². The molecule has 0 atom stereocenters. The fourth-order valence-corrected chi connectivity index (χ4v) is 2.90. The maximum atomic E-state index is 12.2. The standard InChI is InChI=1S/C14H14N6OS/c15-14-19-9(6-22-14)5-17-13(21)8-3-11-12(16-4-8)20(7-18-11)10-1-2-10/h3-4,6-7,10H,1-2,5H2,(H2,15,19)(H,17,21). The predicted octanol–water partition coefficient (Wildman–Crippen LogP) is 1.73. The van der Waals surface area contributed by atoms with Crippen LogP contribution < -0.4 is 11.1 Å². The Morgan fingerprint density at radius 3 is 3.05 bits per heavy atom. The van der Waals surface area contributed by atoms with Crippen molar-refractivity contribution in [2.75, 3.05) is 5.73 Å². The number of anilines is 1. The zero-order valence-corrected chi connectivity index (χ0v) is 12.5. The topological polar surface area (TPSA) is 98.7 Å². The highest BCUT2D eigenvalue weighted by atomic mass is 32.1. The van der Waals surface area contributed by atoms with Crippen LogP contribution in [0.5, 0.6) is 0 Å². The number of amides is 1. The molecule has 3 aromatic rings. The van der Waals surface area contributed by atoms with Crippen molar-refractivity contribution in [3.63, 3.8) is 0 Å². The first-order valence-electron chi connectivity index (χ1n) is 7.01. The van der Waals surface area contributed by atoms with Gasteiger partial charge in [-0.2, -0.15) is 0 Å². The van der Waals surface area contributed by atoms with E-state index in [0.29, 0.717) is 23.3 Å². The van der Waals surface area contributed by atoms with Gasteiger partial charge in [0.1, 0.15) is 5.52 Å². The van der Waals surface area contributed by atoms with Gasteiger partial charge in [0.15, 0.2) is 10.8 Å². The summed E-state index contributed by atoms with van der Waals surface area (Å²) in [6.45, 7) is 0.348. The Morgan fingerprint density at radius 2 is 2.32 bits per heavy atom. The van der Waals surface area contributed by atoms with E-state index in [2.05, 4.69) is 24.8 Å². The molecule has 8 heteroatoms. The molecule has 22 heavy (non-hydrogen) atoms. The average Bonchev–Trinajstić information content (AvgIpc) is 3.14. The number of hydrogen-bond acceptors (Lipinski definition) is 6. The summed E-state index contributed by atoms with van der Waals surface area (Å²) in [6.07, 6.45) is 5.74. The number of fused-ring (bicyclic) bond motifs is 1. The van der Waals surface area contributed by atoms with Gasteiger partial charge in [-0.3, -0.25) is 4.79 Å². The first kappa shape index (κ1) is 13.2. The van der Waals surface area contributed by atoms with Crippen molar-refractivity contribution >= 4 is 33.5 Å². The van der Waals surface area contributed by atoms with Crippen LogP contribution in [0, 0.1) is 0 Å². The number of carbonyl (C=O) groups excluding carboxylic acids is 1. The summed E-state index contributed by atoms with van der Waals surface area (Å²) in [5.74, 6) is -0.193. The lowest BCUT2D eigenvalue weighted by molar-refractivity contribution is 0.0950. The average molecular weight is 314 g/mol. The summed E-state index contributed by atoms with van der Waals surface area (Å²) >= 11 is 1.36. The van der Waals surface area contributed by atoms with Crippen LogP contribution in [0.2, 0.25) is 0 Å². The number of nitrogen functional groups attached to an aromatic ring is 1. The molecule has 3 N–H and O–H groups in total. The van der Waals surface area contributed by atoms with Crippen molar-refractivity contribution in [1.82, 2.24) is 24.8 Å². The van der Waals surface area contributed by atoms with E-state index in [1.807, 2.05) is 5.38 Å². The minimum atomic E-state index is -0.193. The van der Waals surface area contributed by atoms with Gasteiger partial charge < -0.3 is 15.6 Å². The number of pyridine rings is 1. The van der Waals surface area contributed by atoms with Crippen molar-refractivity contribution in [1.29, 1.82) is 0 Å². The Balaban J connectivity index is 1.51. The first-order valence-corrected chi connectivity index (χ1v) is 7.89. The molecule has 1 saturated carbocycles. The molecule has 4 rings (SSSR count). The molecule has 0 radical (unpaired) electrons. The summed E-state index contributed by atoms with van der Waals surface area (Å²) < 4.78 is 2.08. The van der Waals surface area contributed by atoms with E-state index >= 15 is 0 Å². The molecule has 0 unspecified atom stereocenters. The van der Waals surface area contributed by atoms with Gasteiger partial charge in [-0.05, 0) is 18.9 Å². The fraction of sp³-hybridized carbons (Fsp3) is 0.286. The second-order valence-corrected chi connectivity index (χ2v) is 6.20. The van der Waals surface area contributed by atoms with Crippen molar-refractivity contribution < 1.29 is 4.79 Å². The van der Waals surface area contributed by atoms with Gasteiger partial charge in [0.2, 0.25) is 0 Å². The third-order valence-corrected chi connectivity index (χ3v) is 4.34. The van der Waals surface area contributed by atoms with Crippen LogP contribution in [0.15, 0.2) is 24.0 Å². The Labute approximate surface area is 130 Å². The number of thiazole rings is 1. The molecule has 3 aromatic heterocycles. The Kier molecular flexibility index (Phi) is 3.04. The number of imidazole rings is 1. The van der Waals surface area contributed by atoms with E-state index in [4.69, 9.17) is 5.73 Å². The van der Waals surface area contributed by atoms with E-state index in [1.54, 1.807) is 18.6 Å². The van der Waals surface area contributed by atoms with E-state index in [0.717, 1.165) is 16.9 Å². The first-order chi connectivity index (χ1) is 10.7. The van der Waals surface area contributed by atoms with Gasteiger partial charge >= 0.3 is 0 Å². The second kappa shape index (κ2) is 5.06. The maximum absolute atomic E-state index is 12.2. The zero-order chi connectivity index (χ0) is 15.1. The van der Waals surface area contributed by atoms with Crippen molar-refractivity contribution in [3.8, 4) is 0 Å². The van der Waals surface area contributed by atoms with Crippen LogP contribution >= 0.6 is 11.3 Å². The van der Waals surface area contributed by atoms with Gasteiger partial charge in [-0.15, -0.1) is 11.3 Å². The second-order valence-electron chi connectivity index (χ2n) is 5.31. The molecule has 3 heterocycles. The number of nitrogens with zero attached hydrogens (tertiary/aromatic N) is 4. The largest absolute Gasteiger partial charge is 0.375 e. The smallest absolute Gasteiger partial charge is 0.253 e. The van der Waals surface area contributed by atoms with E-state index in [1.165, 1.54) is 24.2 Å². The maximum Gasteiger partial charge on any atom is 0.253 e. The SMILES string of the molecule is Nc1nc(CNC(=O)c2cnc3c(c2)ncn3C2CC2)cs1. The number of hydrogen-bond donors (Lipinski definition) is 2. The molecule has 0 aromatic carbocycles. The van der Waals surface area contributed by atoms with Gasteiger partial charge in [-0.25, -0.2) is 15.0 Å². The minimum absolute atomic E-state index is 0.193. The lowest BCUT2D eigenvalue weighted by atomic mass is 10.2. The molecular formula is C14H14N6OS. The van der Waals surface area contributed by atoms with E-state index in [-0.39, 0.29) is 5.91 Å². The van der Waals surface area contributed by atoms with Gasteiger partial charge in [0, 0.05) is 17.6 Å². The van der Waals surface area contributed by atoms with Gasteiger partial charge in [-0.1, -0.05) is 0 Å². The van der Waals surface area contributed by atoms with Crippen molar-refractivity contribution in [3.05, 3.63) is 35.2 Å². The Morgan fingerprint density at radius 1 is 1.45 bits per heavy atom. The lowest BCUT2D eigenvalue weighted by Gasteiger charge is -2.04. The summed E-state index contributed by atoms with van der Waals surface area (Å²) in [6, 6.07) is 2.29. The number of aromatic nitrogens is 4. The van der Waals surface area contributed by atoms with E-state index < -0.39 is 0 Å². The predicted molar refractivity (Wildman–Crippen MR) is 83.5 cm³/mol. The Bertz CT molecular complexity index is 850. The normalized spacial score (nSPS) is 14.4. The quantitative estimate of drug-likeness (QED) is 0.764. The number of carbonyl (C=O) groups is 1. The monoisotopic (exact) mass is 314 g/mol. The summed E-state index contributed by atoms with van der Waals surface area (Å²) in [5.41, 5.74) is 8.40. The molecule has 7 nitrogen and oxygen atoms in total. The van der Waals surface area contributed by atoms with E-state index in [9.17, 15) is 4.79 Å². The van der Waals surface area contributed by atoms with Crippen molar-refractivity contribution in [2.24, 2.45) is 0 Å². The van der Waals surface area contributed by atoms with Crippen LogP contribution in [0.1, 0.15) is 34.9 Å². The molecule has 1 aliphatic carbocycles. The number of nitrogens with two attached hydrogens (primary N) is 1. The van der Waals surface area contributed by atoms with Crippen LogP contribution in [0.25, 0.3) is 11.2 Å². The van der Waals surface area contributed by atoms with Crippen LogP contribution in [-0.4, -0.2) is 25.4 Å². The summed E-state index contributed by atoms with van der Waals surface area (Å²) in [4.78, 5) is 25.0. The third-order valence-electron chi connectivity index (χ3n) is 3.62. The minimum Gasteiger partial charge on any atom is -0.375 e. The highest BCUT2D eigenvalue weighted by molar-refractivity contribution is 7.13. The molecule has 112 valence electrons. The van der Waals surface area contributed by atoms with Crippen molar-refractivity contribution in [2.45, 2.75) is 25.4 Å². The summed E-state index contributed by atoms with van der Waals surface area (Å²) in [5, 5.41) is 5.14. The summed E-state index contributed by atoms with van der Waals surface area (Å²) in [7, 11) is 0. The zero-order valence-electron chi connectivity index (χ0n) is 11.7. The fourth-order valence-electron chi connectivity index (χ4n) is 2.34.